The molecule has 1 heterocycles. The van der Waals surface area contributed by atoms with Crippen LogP contribution < -0.4 is 12.4 Å². The lowest BCUT2D eigenvalue weighted by Crippen LogP contribution is -3.00. The number of rotatable bonds is 0. The van der Waals surface area contributed by atoms with Crippen molar-refractivity contribution in [3.63, 3.8) is 0 Å². The van der Waals surface area contributed by atoms with E-state index < -0.39 is 0 Å². The molecule has 0 amide bonds. The Kier molecular flexibility index (Phi) is 3.83. The smallest absolute Gasteiger partial charge is 0.0279 e. The zero-order valence-electron chi connectivity index (χ0n) is 4.01. The lowest BCUT2D eigenvalue weighted by atomic mass is 10.5. The second-order valence-corrected chi connectivity index (χ2v) is 2.08. The van der Waals surface area contributed by atoms with Crippen LogP contribution in [0.25, 0.3) is 0 Å². The van der Waals surface area contributed by atoms with Crippen molar-refractivity contribution in [2.24, 2.45) is 0 Å². The van der Waals surface area contributed by atoms with E-state index in [9.17, 15) is 0 Å². The standard InChI is InChI=1S/C5H4BrN.ClH/c6-5-1-3-7-4-2-5;/h1-4H;1H/p-1. The van der Waals surface area contributed by atoms with Crippen molar-refractivity contribution in [2.45, 2.75) is 0 Å². The minimum absolute atomic E-state index is 0. The van der Waals surface area contributed by atoms with Crippen molar-refractivity contribution in [1.29, 1.82) is 0 Å². The molecule has 1 aromatic rings. The first-order chi connectivity index (χ1) is 3.39. The van der Waals surface area contributed by atoms with Gasteiger partial charge in [0.1, 0.15) is 0 Å². The maximum atomic E-state index is 3.82. The van der Waals surface area contributed by atoms with Crippen LogP contribution in [-0.2, 0) is 0 Å². The Bertz CT molecular complexity index is 142. The van der Waals surface area contributed by atoms with Gasteiger partial charge in [0.25, 0.3) is 0 Å². The minimum Gasteiger partial charge on any atom is -1.00 e. The summed E-state index contributed by atoms with van der Waals surface area (Å²) in [6.45, 7) is 0. The molecule has 0 aliphatic carbocycles. The molecular weight excluding hydrogens is 189 g/mol. The monoisotopic (exact) mass is 192 g/mol. The molecule has 0 aliphatic rings. The van der Waals surface area contributed by atoms with Gasteiger partial charge in [0.15, 0.2) is 0 Å². The summed E-state index contributed by atoms with van der Waals surface area (Å²) in [5, 5.41) is 0. The second-order valence-electron chi connectivity index (χ2n) is 1.17. The van der Waals surface area contributed by atoms with Crippen molar-refractivity contribution in [3.8, 4) is 0 Å². The van der Waals surface area contributed by atoms with E-state index in [0.29, 0.717) is 0 Å². The molecule has 1 nitrogen and oxygen atoms in total. The van der Waals surface area contributed by atoms with Crippen LogP contribution in [0.1, 0.15) is 0 Å². The van der Waals surface area contributed by atoms with E-state index in [-0.39, 0.29) is 12.4 Å². The molecule has 3 heteroatoms. The molecule has 0 saturated heterocycles. The van der Waals surface area contributed by atoms with Crippen LogP contribution in [0.3, 0.4) is 0 Å². The van der Waals surface area contributed by atoms with Crippen molar-refractivity contribution >= 4 is 15.9 Å². The molecule has 0 N–H and O–H groups in total. The van der Waals surface area contributed by atoms with E-state index in [0.717, 1.165) is 4.47 Å². The van der Waals surface area contributed by atoms with Crippen LogP contribution in [0, 0.1) is 0 Å². The third-order valence-electron chi connectivity index (χ3n) is 0.640. The maximum absolute atomic E-state index is 3.82. The van der Waals surface area contributed by atoms with E-state index in [1.165, 1.54) is 0 Å². The molecule has 0 aliphatic heterocycles. The van der Waals surface area contributed by atoms with E-state index in [2.05, 4.69) is 20.9 Å². The van der Waals surface area contributed by atoms with Gasteiger partial charge in [-0.05, 0) is 12.1 Å². The van der Waals surface area contributed by atoms with Crippen molar-refractivity contribution < 1.29 is 12.4 Å². The molecule has 0 radical (unpaired) electrons. The highest BCUT2D eigenvalue weighted by Crippen LogP contribution is 2.03. The fraction of sp³-hybridized carbons (Fsp3) is 0. The first-order valence-corrected chi connectivity index (χ1v) is 2.74. The maximum Gasteiger partial charge on any atom is 0.0279 e. The molecule has 0 spiro atoms. The van der Waals surface area contributed by atoms with Gasteiger partial charge in [0, 0.05) is 16.9 Å². The zero-order chi connectivity index (χ0) is 5.11. The third-order valence-corrected chi connectivity index (χ3v) is 1.17. The first kappa shape index (κ1) is 7.92. The Morgan fingerprint density at radius 2 is 1.75 bits per heavy atom. The number of halogens is 2. The summed E-state index contributed by atoms with van der Waals surface area (Å²) in [6, 6.07) is 3.78. The van der Waals surface area contributed by atoms with Gasteiger partial charge in [-0.1, -0.05) is 15.9 Å². The Hall–Kier alpha value is -0.0800. The van der Waals surface area contributed by atoms with E-state index in [1.54, 1.807) is 12.4 Å². The molecule has 0 aromatic carbocycles. The van der Waals surface area contributed by atoms with E-state index >= 15 is 0 Å². The zero-order valence-corrected chi connectivity index (χ0v) is 6.35. The fourth-order valence-corrected chi connectivity index (χ4v) is 0.570. The van der Waals surface area contributed by atoms with Gasteiger partial charge in [-0.15, -0.1) is 0 Å². The number of nitrogens with zero attached hydrogens (tertiary/aromatic N) is 1. The van der Waals surface area contributed by atoms with Crippen LogP contribution in [0.2, 0.25) is 0 Å². The summed E-state index contributed by atoms with van der Waals surface area (Å²) in [4.78, 5) is 3.82. The lowest BCUT2D eigenvalue weighted by Gasteiger charge is -1.80. The average molecular weight is 193 g/mol. The Labute approximate surface area is 62.7 Å². The molecule has 0 fully saturated rings. The molecule has 1 rings (SSSR count). The fourth-order valence-electron chi connectivity index (χ4n) is 0.334. The van der Waals surface area contributed by atoms with Gasteiger partial charge >= 0.3 is 0 Å². The topological polar surface area (TPSA) is 12.9 Å². The average Bonchev–Trinajstić information content (AvgIpc) is 1.69. The van der Waals surface area contributed by atoms with Gasteiger partial charge in [0.2, 0.25) is 0 Å². The molecule has 0 atom stereocenters. The number of pyridine rings is 1. The predicted octanol–water partition coefficient (Wildman–Crippen LogP) is -1.15. The quantitative estimate of drug-likeness (QED) is 0.507. The second kappa shape index (κ2) is 3.87. The summed E-state index contributed by atoms with van der Waals surface area (Å²) < 4.78 is 1.07. The van der Waals surface area contributed by atoms with Crippen LogP contribution in [0.4, 0.5) is 0 Å². The largest absolute Gasteiger partial charge is 1.00 e. The Morgan fingerprint density at radius 3 is 2.00 bits per heavy atom. The summed E-state index contributed by atoms with van der Waals surface area (Å²) in [6.07, 6.45) is 3.48. The van der Waals surface area contributed by atoms with Crippen LogP contribution in [-0.4, -0.2) is 4.98 Å². The van der Waals surface area contributed by atoms with Gasteiger partial charge < -0.3 is 12.4 Å². The number of aromatic nitrogens is 1. The molecule has 0 bridgehead atoms. The highest BCUT2D eigenvalue weighted by atomic mass is 79.9. The lowest BCUT2D eigenvalue weighted by molar-refractivity contribution is -0.00000136. The van der Waals surface area contributed by atoms with Gasteiger partial charge in [-0.3, -0.25) is 4.98 Å². The van der Waals surface area contributed by atoms with Gasteiger partial charge in [-0.25, -0.2) is 0 Å². The summed E-state index contributed by atoms with van der Waals surface area (Å²) >= 11 is 3.27. The van der Waals surface area contributed by atoms with Gasteiger partial charge in [0.05, 0.1) is 0 Å². The number of hydrogen-bond acceptors (Lipinski definition) is 1. The Balaban J connectivity index is 0.000000490. The van der Waals surface area contributed by atoms with Crippen LogP contribution in [0.5, 0.6) is 0 Å². The number of hydrogen-bond donors (Lipinski definition) is 0. The third kappa shape index (κ3) is 2.28. The minimum atomic E-state index is 0. The molecule has 44 valence electrons. The molecular formula is C5H4BrClN-. The van der Waals surface area contributed by atoms with Crippen molar-refractivity contribution in [3.05, 3.63) is 29.0 Å². The SMILES string of the molecule is Brc1ccncc1.[Cl-]. The van der Waals surface area contributed by atoms with E-state index in [4.69, 9.17) is 0 Å². The highest BCUT2D eigenvalue weighted by Gasteiger charge is 1.75. The summed E-state index contributed by atoms with van der Waals surface area (Å²) in [7, 11) is 0. The molecule has 0 saturated carbocycles. The summed E-state index contributed by atoms with van der Waals surface area (Å²) in [5.74, 6) is 0. The van der Waals surface area contributed by atoms with E-state index in [1.807, 2.05) is 12.1 Å². The van der Waals surface area contributed by atoms with Gasteiger partial charge in [-0.2, -0.15) is 0 Å². The van der Waals surface area contributed by atoms with Crippen LogP contribution >= 0.6 is 15.9 Å². The molecule has 1 aromatic heterocycles. The van der Waals surface area contributed by atoms with Crippen LogP contribution in [0.15, 0.2) is 29.0 Å². The molecule has 0 unspecified atom stereocenters. The Morgan fingerprint density at radius 1 is 1.25 bits per heavy atom. The highest BCUT2D eigenvalue weighted by molar-refractivity contribution is 9.10. The van der Waals surface area contributed by atoms with Crippen molar-refractivity contribution in [1.82, 2.24) is 4.98 Å². The normalized spacial score (nSPS) is 7.62. The molecule has 8 heavy (non-hydrogen) atoms. The summed E-state index contributed by atoms with van der Waals surface area (Å²) in [5.41, 5.74) is 0. The first-order valence-electron chi connectivity index (χ1n) is 1.95. The predicted molar refractivity (Wildman–Crippen MR) is 31.9 cm³/mol. The van der Waals surface area contributed by atoms with Crippen molar-refractivity contribution in [2.75, 3.05) is 0 Å².